The summed E-state index contributed by atoms with van der Waals surface area (Å²) in [5.41, 5.74) is 6.53. The minimum Gasteiger partial charge on any atom is -0.370 e. The molecule has 1 fully saturated rings. The zero-order chi connectivity index (χ0) is 18.4. The Hall–Kier alpha value is -2.09. The van der Waals surface area contributed by atoms with Crippen LogP contribution >= 0.6 is 0 Å². The van der Waals surface area contributed by atoms with Gasteiger partial charge in [-0.15, -0.1) is 0 Å². The maximum absolute atomic E-state index is 11.2. The molecule has 2 rings (SSSR count). The first-order valence-corrected chi connectivity index (χ1v) is 8.79. The van der Waals surface area contributed by atoms with E-state index in [-0.39, 0.29) is 11.9 Å². The number of hydrogen-bond donors (Lipinski definition) is 2. The van der Waals surface area contributed by atoms with Crippen LogP contribution in [0.3, 0.4) is 0 Å². The predicted octanol–water partition coefficient (Wildman–Crippen LogP) is 0.186. The van der Waals surface area contributed by atoms with Gasteiger partial charge in [0.2, 0.25) is 5.91 Å². The van der Waals surface area contributed by atoms with Crippen molar-refractivity contribution in [3.8, 4) is 0 Å². The number of guanidine groups is 1. The molecule has 0 radical (unpaired) electrons. The maximum Gasteiger partial charge on any atom is 0.217 e. The van der Waals surface area contributed by atoms with Gasteiger partial charge in [0, 0.05) is 51.9 Å². The van der Waals surface area contributed by atoms with E-state index in [1.807, 2.05) is 24.1 Å². The Kier molecular flexibility index (Phi) is 6.81. The molecule has 8 heteroatoms. The fourth-order valence-corrected chi connectivity index (χ4v) is 3.44. The lowest BCUT2D eigenvalue weighted by molar-refractivity contribution is -0.119. The molecule has 25 heavy (non-hydrogen) atoms. The van der Waals surface area contributed by atoms with Crippen molar-refractivity contribution in [2.75, 3.05) is 40.8 Å². The molecule has 3 N–H and O–H groups in total. The molecule has 2 atom stereocenters. The van der Waals surface area contributed by atoms with Crippen LogP contribution in [0.25, 0.3) is 0 Å². The molecule has 2 unspecified atom stereocenters. The number of piperidine rings is 1. The highest BCUT2D eigenvalue weighted by Gasteiger charge is 2.24. The highest BCUT2D eigenvalue weighted by atomic mass is 16.1. The zero-order valence-corrected chi connectivity index (χ0v) is 15.8. The maximum atomic E-state index is 11.2. The van der Waals surface area contributed by atoms with Crippen molar-refractivity contribution in [2.45, 2.75) is 25.3 Å². The van der Waals surface area contributed by atoms with E-state index in [0.29, 0.717) is 12.3 Å². The van der Waals surface area contributed by atoms with Crippen molar-refractivity contribution in [3.63, 3.8) is 0 Å². The van der Waals surface area contributed by atoms with Gasteiger partial charge in [0.25, 0.3) is 0 Å². The average Bonchev–Trinajstić information content (AvgIpc) is 2.97. The summed E-state index contributed by atoms with van der Waals surface area (Å²) in [4.78, 5) is 20.0. The van der Waals surface area contributed by atoms with Crippen LogP contribution in [0.15, 0.2) is 17.4 Å². The number of likely N-dealkylation sites (tertiary alicyclic amines) is 1. The number of nitrogens with one attached hydrogen (secondary N) is 1. The van der Waals surface area contributed by atoms with Crippen molar-refractivity contribution in [1.29, 1.82) is 0 Å². The largest absolute Gasteiger partial charge is 0.370 e. The van der Waals surface area contributed by atoms with Gasteiger partial charge in [-0.3, -0.25) is 14.5 Å². The molecular formula is C17H31N7O. The number of aromatic nitrogens is 2. The quantitative estimate of drug-likeness (QED) is 0.565. The highest BCUT2D eigenvalue weighted by molar-refractivity contribution is 5.80. The van der Waals surface area contributed by atoms with Gasteiger partial charge in [-0.1, -0.05) is 0 Å². The van der Waals surface area contributed by atoms with E-state index in [4.69, 9.17) is 5.73 Å². The Morgan fingerprint density at radius 3 is 2.88 bits per heavy atom. The molecular weight excluding hydrogens is 318 g/mol. The Bertz CT molecular complexity index is 596. The molecule has 1 aromatic rings. The number of rotatable bonds is 6. The molecule has 1 saturated heterocycles. The summed E-state index contributed by atoms with van der Waals surface area (Å²) in [6.07, 6.45) is 6.49. The van der Waals surface area contributed by atoms with E-state index in [1.165, 1.54) is 5.56 Å². The minimum absolute atomic E-state index is 0.205. The van der Waals surface area contributed by atoms with Crippen molar-refractivity contribution in [3.05, 3.63) is 18.0 Å². The second-order valence-corrected chi connectivity index (χ2v) is 6.98. The van der Waals surface area contributed by atoms with Gasteiger partial charge in [0.05, 0.1) is 12.2 Å². The second-order valence-electron chi connectivity index (χ2n) is 6.98. The number of amides is 1. The van der Waals surface area contributed by atoms with Crippen LogP contribution in [-0.2, 0) is 11.8 Å². The molecule has 8 nitrogen and oxygen atoms in total. The first-order valence-electron chi connectivity index (χ1n) is 8.79. The summed E-state index contributed by atoms with van der Waals surface area (Å²) < 4.78 is 1.82. The third-order valence-electron chi connectivity index (χ3n) is 4.71. The van der Waals surface area contributed by atoms with Crippen LogP contribution < -0.4 is 11.1 Å². The standard InChI is InChI=1S/C17H31N7O/c1-19-17(24-7-5-6-13(11-24)8-16(18)25)20-10-15(22(2)3)14-9-21-23(4)12-14/h9,12-13,15H,5-8,10-11H2,1-4H3,(H2,18,25)(H,19,20). The number of likely N-dealkylation sites (N-methyl/N-ethyl adjacent to an activating group) is 1. The number of carbonyl (C=O) groups is 1. The molecule has 2 heterocycles. The van der Waals surface area contributed by atoms with E-state index in [1.54, 1.807) is 7.05 Å². The van der Waals surface area contributed by atoms with Gasteiger partial charge in [-0.05, 0) is 32.9 Å². The monoisotopic (exact) mass is 349 g/mol. The van der Waals surface area contributed by atoms with Gasteiger partial charge in [-0.2, -0.15) is 5.10 Å². The van der Waals surface area contributed by atoms with Crippen LogP contribution in [0.1, 0.15) is 30.9 Å². The first-order chi connectivity index (χ1) is 11.9. The SMILES string of the molecule is CN=C(NCC(c1cnn(C)c1)N(C)C)N1CCCC(CC(N)=O)C1. The van der Waals surface area contributed by atoms with Gasteiger partial charge in [0.15, 0.2) is 5.96 Å². The van der Waals surface area contributed by atoms with Crippen molar-refractivity contribution < 1.29 is 4.79 Å². The molecule has 140 valence electrons. The number of hydrogen-bond acceptors (Lipinski definition) is 4. The second kappa shape index (κ2) is 8.84. The van der Waals surface area contributed by atoms with Crippen molar-refractivity contribution in [2.24, 2.45) is 23.7 Å². The van der Waals surface area contributed by atoms with Gasteiger partial charge >= 0.3 is 0 Å². The van der Waals surface area contributed by atoms with Crippen molar-refractivity contribution >= 4 is 11.9 Å². The summed E-state index contributed by atoms with van der Waals surface area (Å²) in [6, 6.07) is 0.205. The number of nitrogens with zero attached hydrogens (tertiary/aromatic N) is 5. The Morgan fingerprint density at radius 1 is 1.56 bits per heavy atom. The summed E-state index contributed by atoms with van der Waals surface area (Å²) in [6.45, 7) is 2.51. The fraction of sp³-hybridized carbons (Fsp3) is 0.706. The Labute approximate surface area is 150 Å². The van der Waals surface area contributed by atoms with E-state index in [0.717, 1.165) is 38.4 Å². The number of primary amides is 1. The normalized spacial score (nSPS) is 20.0. The lowest BCUT2D eigenvalue weighted by Gasteiger charge is -2.35. The summed E-state index contributed by atoms with van der Waals surface area (Å²) in [5.74, 6) is 0.969. The smallest absolute Gasteiger partial charge is 0.217 e. The Morgan fingerprint density at radius 2 is 2.32 bits per heavy atom. The zero-order valence-electron chi connectivity index (χ0n) is 15.8. The van der Waals surface area contributed by atoms with E-state index in [2.05, 4.69) is 39.3 Å². The molecule has 0 spiro atoms. The van der Waals surface area contributed by atoms with Gasteiger partial charge in [-0.25, -0.2) is 0 Å². The third kappa shape index (κ3) is 5.45. The van der Waals surface area contributed by atoms with E-state index in [9.17, 15) is 4.79 Å². The molecule has 1 amide bonds. The van der Waals surface area contributed by atoms with Crippen LogP contribution in [0.4, 0.5) is 0 Å². The molecule has 0 saturated carbocycles. The third-order valence-corrected chi connectivity index (χ3v) is 4.71. The molecule has 1 aliphatic heterocycles. The number of nitrogens with two attached hydrogens (primary N) is 1. The van der Waals surface area contributed by atoms with Gasteiger partial charge < -0.3 is 20.9 Å². The number of aliphatic imine (C=N–C) groups is 1. The molecule has 1 aliphatic rings. The topological polar surface area (TPSA) is 91.8 Å². The van der Waals surface area contributed by atoms with E-state index < -0.39 is 0 Å². The number of aryl methyl sites for hydroxylation is 1. The van der Waals surface area contributed by atoms with Crippen LogP contribution in [0.2, 0.25) is 0 Å². The summed E-state index contributed by atoms with van der Waals surface area (Å²) >= 11 is 0. The fourth-order valence-electron chi connectivity index (χ4n) is 3.44. The van der Waals surface area contributed by atoms with Crippen LogP contribution in [-0.4, -0.2) is 72.2 Å². The van der Waals surface area contributed by atoms with Crippen LogP contribution in [0.5, 0.6) is 0 Å². The molecule has 0 aliphatic carbocycles. The first kappa shape index (κ1) is 19.2. The highest BCUT2D eigenvalue weighted by Crippen LogP contribution is 2.20. The number of carbonyl (C=O) groups excluding carboxylic acids is 1. The molecule has 0 aromatic carbocycles. The average molecular weight is 349 g/mol. The summed E-state index contributed by atoms with van der Waals surface area (Å²) in [5, 5.41) is 7.76. The lowest BCUT2D eigenvalue weighted by atomic mass is 9.95. The van der Waals surface area contributed by atoms with Crippen molar-refractivity contribution in [1.82, 2.24) is 24.9 Å². The minimum atomic E-state index is -0.223. The van der Waals surface area contributed by atoms with Gasteiger partial charge in [0.1, 0.15) is 0 Å². The predicted molar refractivity (Wildman–Crippen MR) is 99.1 cm³/mol. The van der Waals surface area contributed by atoms with Crippen LogP contribution in [0, 0.1) is 5.92 Å². The van der Waals surface area contributed by atoms with E-state index >= 15 is 0 Å². The Balaban J connectivity index is 1.97. The summed E-state index contributed by atoms with van der Waals surface area (Å²) in [7, 11) is 7.85. The lowest BCUT2D eigenvalue weighted by Crippen LogP contribution is -2.48. The molecule has 1 aromatic heterocycles. The molecule has 0 bridgehead atoms.